The Hall–Kier alpha value is -1.80. The molecule has 0 saturated carbocycles. The number of carbonyl (C=O) groups excluding carboxylic acids is 2. The molecule has 1 fully saturated rings. The quantitative estimate of drug-likeness (QED) is 0.691. The predicted octanol–water partition coefficient (Wildman–Crippen LogP) is 0.797. The Morgan fingerprint density at radius 2 is 1.79 bits per heavy atom. The third-order valence-electron chi connectivity index (χ3n) is 3.86. The van der Waals surface area contributed by atoms with Gasteiger partial charge in [0.1, 0.15) is 0 Å². The molecule has 0 bridgehead atoms. The fourth-order valence-electron chi connectivity index (χ4n) is 2.53. The van der Waals surface area contributed by atoms with Crippen molar-refractivity contribution in [1.29, 1.82) is 0 Å². The molecule has 132 valence electrons. The normalized spacial score (nSPS) is 15.2. The number of nitrogens with zero attached hydrogens (tertiary/aromatic N) is 3. The zero-order valence-corrected chi connectivity index (χ0v) is 15.0. The third kappa shape index (κ3) is 4.85. The molecule has 0 aliphatic carbocycles. The van der Waals surface area contributed by atoms with E-state index in [0.717, 1.165) is 12.7 Å². The molecule has 0 atom stereocenters. The lowest BCUT2D eigenvalue weighted by Crippen LogP contribution is -2.48. The van der Waals surface area contributed by atoms with Crippen molar-refractivity contribution in [2.45, 2.75) is 6.42 Å². The Morgan fingerprint density at radius 1 is 1.21 bits per heavy atom. The summed E-state index contributed by atoms with van der Waals surface area (Å²) in [6, 6.07) is 6.43. The number of anilines is 1. The van der Waals surface area contributed by atoms with Gasteiger partial charge in [-0.3, -0.25) is 13.9 Å². The van der Waals surface area contributed by atoms with Crippen molar-refractivity contribution >= 4 is 39.6 Å². The molecular formula is C15H20ClN3O4S. The van der Waals surface area contributed by atoms with Crippen molar-refractivity contribution in [3.05, 3.63) is 29.3 Å². The number of carbonyl (C=O) groups is 2. The molecule has 0 radical (unpaired) electrons. The Bertz CT molecular complexity index is 685. The summed E-state index contributed by atoms with van der Waals surface area (Å²) >= 11 is 5.83. The largest absolute Gasteiger partial charge is 0.342 e. The van der Waals surface area contributed by atoms with E-state index in [-0.39, 0.29) is 18.9 Å². The van der Waals surface area contributed by atoms with Crippen LogP contribution in [-0.4, -0.2) is 69.5 Å². The van der Waals surface area contributed by atoms with Gasteiger partial charge < -0.3 is 9.80 Å². The molecule has 1 saturated heterocycles. The van der Waals surface area contributed by atoms with Gasteiger partial charge in [0.2, 0.25) is 22.3 Å². The summed E-state index contributed by atoms with van der Waals surface area (Å²) in [6.45, 7) is 2.01. The van der Waals surface area contributed by atoms with Crippen molar-refractivity contribution in [1.82, 2.24) is 9.80 Å². The number of amides is 2. The molecule has 0 spiro atoms. The Balaban J connectivity index is 1.99. The van der Waals surface area contributed by atoms with Gasteiger partial charge in [0.25, 0.3) is 0 Å². The molecule has 2 rings (SSSR count). The molecule has 1 aliphatic heterocycles. The molecule has 1 aromatic rings. The number of benzene rings is 1. The summed E-state index contributed by atoms with van der Waals surface area (Å²) in [4.78, 5) is 26.2. The second-order valence-corrected chi connectivity index (χ2v) is 7.93. The Morgan fingerprint density at radius 3 is 2.29 bits per heavy atom. The lowest BCUT2D eigenvalue weighted by Gasteiger charge is -2.33. The summed E-state index contributed by atoms with van der Waals surface area (Å²) in [5, 5.41) is 0.510. The van der Waals surface area contributed by atoms with Crippen molar-refractivity contribution < 1.29 is 18.0 Å². The van der Waals surface area contributed by atoms with Gasteiger partial charge in [0.05, 0.1) is 11.9 Å². The maximum atomic E-state index is 12.3. The van der Waals surface area contributed by atoms with Crippen LogP contribution >= 0.6 is 11.6 Å². The van der Waals surface area contributed by atoms with Crippen LogP contribution in [0.5, 0.6) is 0 Å². The highest BCUT2D eigenvalue weighted by Crippen LogP contribution is 2.21. The average molecular weight is 374 g/mol. The fraction of sp³-hybridized carbons (Fsp3) is 0.467. The zero-order chi connectivity index (χ0) is 17.7. The van der Waals surface area contributed by atoms with E-state index in [4.69, 9.17) is 11.6 Å². The van der Waals surface area contributed by atoms with Gasteiger partial charge >= 0.3 is 0 Å². The Labute approximate surface area is 146 Å². The van der Waals surface area contributed by atoms with Crippen molar-refractivity contribution in [2.75, 3.05) is 43.3 Å². The molecule has 1 aromatic carbocycles. The molecular weight excluding hydrogens is 354 g/mol. The second kappa shape index (κ2) is 7.85. The van der Waals surface area contributed by atoms with Crippen LogP contribution in [0.4, 0.5) is 5.69 Å². The molecule has 9 heteroatoms. The average Bonchev–Trinajstić information content (AvgIpc) is 2.55. The highest BCUT2D eigenvalue weighted by atomic mass is 35.5. The van der Waals surface area contributed by atoms with Gasteiger partial charge in [-0.05, 0) is 24.3 Å². The van der Waals surface area contributed by atoms with Gasteiger partial charge in [-0.2, -0.15) is 0 Å². The topological polar surface area (TPSA) is 78.0 Å². The first-order valence-corrected chi connectivity index (χ1v) is 9.74. The van der Waals surface area contributed by atoms with Gasteiger partial charge in [0, 0.05) is 44.2 Å². The summed E-state index contributed by atoms with van der Waals surface area (Å²) < 4.78 is 25.2. The number of halogens is 1. The molecule has 0 N–H and O–H groups in total. The minimum atomic E-state index is -3.50. The SMILES string of the molecule is CS(=O)(=O)N(CCC(=O)N1CCN(C=O)CC1)c1ccc(Cl)cc1. The first-order chi connectivity index (χ1) is 11.3. The van der Waals surface area contributed by atoms with Gasteiger partial charge in [-0.25, -0.2) is 8.42 Å². The summed E-state index contributed by atoms with van der Waals surface area (Å²) in [5.74, 6) is -0.122. The van der Waals surface area contributed by atoms with Crippen molar-refractivity contribution in [3.63, 3.8) is 0 Å². The number of hydrogen-bond donors (Lipinski definition) is 0. The smallest absolute Gasteiger partial charge is 0.232 e. The van der Waals surface area contributed by atoms with Gasteiger partial charge in [-0.15, -0.1) is 0 Å². The fourth-order valence-corrected chi connectivity index (χ4v) is 3.58. The van der Waals surface area contributed by atoms with E-state index in [1.54, 1.807) is 34.1 Å². The number of sulfonamides is 1. The molecule has 0 unspecified atom stereocenters. The van der Waals surface area contributed by atoms with Crippen LogP contribution in [0, 0.1) is 0 Å². The van der Waals surface area contributed by atoms with E-state index in [0.29, 0.717) is 36.9 Å². The van der Waals surface area contributed by atoms with E-state index in [9.17, 15) is 18.0 Å². The van der Waals surface area contributed by atoms with E-state index < -0.39 is 10.0 Å². The van der Waals surface area contributed by atoms with Crippen LogP contribution in [0.1, 0.15) is 6.42 Å². The standard InChI is InChI=1S/C15H20ClN3O4S/c1-24(22,23)19(14-4-2-13(16)3-5-14)7-6-15(21)18-10-8-17(12-20)9-11-18/h2-5,12H,6-11H2,1H3. The first kappa shape index (κ1) is 18.5. The number of hydrogen-bond acceptors (Lipinski definition) is 4. The van der Waals surface area contributed by atoms with Crippen molar-refractivity contribution in [2.24, 2.45) is 0 Å². The van der Waals surface area contributed by atoms with Crippen LogP contribution in [0.3, 0.4) is 0 Å². The highest BCUT2D eigenvalue weighted by Gasteiger charge is 2.23. The van der Waals surface area contributed by atoms with Gasteiger partial charge in [-0.1, -0.05) is 11.6 Å². The molecule has 0 aromatic heterocycles. The lowest BCUT2D eigenvalue weighted by atomic mass is 10.2. The van der Waals surface area contributed by atoms with Crippen LogP contribution in [0.2, 0.25) is 5.02 Å². The van der Waals surface area contributed by atoms with Crippen molar-refractivity contribution in [3.8, 4) is 0 Å². The van der Waals surface area contributed by atoms with E-state index in [2.05, 4.69) is 0 Å². The number of piperazine rings is 1. The predicted molar refractivity (Wildman–Crippen MR) is 92.5 cm³/mol. The minimum Gasteiger partial charge on any atom is -0.342 e. The van der Waals surface area contributed by atoms with Crippen LogP contribution in [-0.2, 0) is 19.6 Å². The molecule has 7 nitrogen and oxygen atoms in total. The minimum absolute atomic E-state index is 0.0627. The van der Waals surface area contributed by atoms with E-state index >= 15 is 0 Å². The van der Waals surface area contributed by atoms with Gasteiger partial charge in [0.15, 0.2) is 0 Å². The summed E-state index contributed by atoms with van der Waals surface area (Å²) in [7, 11) is -3.50. The molecule has 2 amide bonds. The molecule has 1 aliphatic rings. The third-order valence-corrected chi connectivity index (χ3v) is 5.31. The summed E-state index contributed by atoms with van der Waals surface area (Å²) in [5.41, 5.74) is 0.473. The van der Waals surface area contributed by atoms with E-state index in [1.807, 2.05) is 0 Å². The number of rotatable bonds is 6. The van der Waals surface area contributed by atoms with Crippen LogP contribution in [0.15, 0.2) is 24.3 Å². The maximum Gasteiger partial charge on any atom is 0.232 e. The first-order valence-electron chi connectivity index (χ1n) is 7.51. The van der Waals surface area contributed by atoms with Crippen LogP contribution < -0.4 is 4.31 Å². The zero-order valence-electron chi connectivity index (χ0n) is 13.4. The second-order valence-electron chi connectivity index (χ2n) is 5.58. The van der Waals surface area contributed by atoms with E-state index in [1.165, 1.54) is 4.31 Å². The lowest BCUT2D eigenvalue weighted by molar-refractivity contribution is -0.134. The molecule has 24 heavy (non-hydrogen) atoms. The van der Waals surface area contributed by atoms with Crippen LogP contribution in [0.25, 0.3) is 0 Å². The highest BCUT2D eigenvalue weighted by molar-refractivity contribution is 7.92. The summed E-state index contributed by atoms with van der Waals surface area (Å²) in [6.07, 6.45) is 1.96. The Kier molecular flexibility index (Phi) is 6.06. The molecule has 1 heterocycles. The monoisotopic (exact) mass is 373 g/mol. The maximum absolute atomic E-state index is 12.3.